The van der Waals surface area contributed by atoms with E-state index in [2.05, 4.69) is 4.74 Å². The van der Waals surface area contributed by atoms with Gasteiger partial charge in [0, 0.05) is 24.8 Å². The van der Waals surface area contributed by atoms with E-state index in [1.54, 1.807) is 11.0 Å². The fourth-order valence-electron chi connectivity index (χ4n) is 5.77. The Morgan fingerprint density at radius 3 is 2.28 bits per heavy atom. The van der Waals surface area contributed by atoms with E-state index in [0.717, 1.165) is 28.6 Å². The van der Waals surface area contributed by atoms with E-state index < -0.39 is 56.1 Å². The lowest BCUT2D eigenvalue weighted by molar-refractivity contribution is -0.143. The molecule has 0 N–H and O–H groups in total. The molecule has 254 valence electrons. The zero-order valence-corrected chi connectivity index (χ0v) is 26.1. The molecule has 0 amide bonds. The molecule has 0 aliphatic carbocycles. The van der Waals surface area contributed by atoms with Gasteiger partial charge in [-0.25, -0.2) is 8.42 Å². The standard InChI is InChI=1S/C31H30F6N2O7S/c1-43-26-9-5-8-23(31(35,36)37)28(26)29(45-3)17-38(18-29)20-10-12-25-24(15-20)39(16-21(46-25)11-13-27(40)44-2)47(41,42)22-7-4-6-19(14-22)30(32,33)34/h4-10,12,14-15,21H,11,13,16-18H2,1-3H3/t21-/m0/s1. The summed E-state index contributed by atoms with van der Waals surface area (Å²) in [6, 6.07) is 11.3. The van der Waals surface area contributed by atoms with Gasteiger partial charge in [-0.15, -0.1) is 0 Å². The van der Waals surface area contributed by atoms with Crippen LogP contribution in [-0.4, -0.2) is 61.5 Å². The van der Waals surface area contributed by atoms with E-state index >= 15 is 0 Å². The summed E-state index contributed by atoms with van der Waals surface area (Å²) in [4.78, 5) is 12.8. The highest BCUT2D eigenvalue weighted by Crippen LogP contribution is 2.49. The number of methoxy groups -OCH3 is 3. The van der Waals surface area contributed by atoms with Crippen LogP contribution < -0.4 is 18.7 Å². The van der Waals surface area contributed by atoms with Crippen molar-refractivity contribution in [3.63, 3.8) is 0 Å². The van der Waals surface area contributed by atoms with Gasteiger partial charge in [0.05, 0.1) is 55.6 Å². The second-order valence-corrected chi connectivity index (χ2v) is 12.9. The molecule has 1 saturated heterocycles. The van der Waals surface area contributed by atoms with Gasteiger partial charge in [-0.1, -0.05) is 12.1 Å². The monoisotopic (exact) mass is 688 g/mol. The van der Waals surface area contributed by atoms with Gasteiger partial charge < -0.3 is 23.8 Å². The van der Waals surface area contributed by atoms with Gasteiger partial charge in [0.1, 0.15) is 23.2 Å². The van der Waals surface area contributed by atoms with Gasteiger partial charge in [0.15, 0.2) is 0 Å². The van der Waals surface area contributed by atoms with Crippen LogP contribution in [-0.2, 0) is 42.2 Å². The number of fused-ring (bicyclic) bond motifs is 1. The molecule has 2 aliphatic heterocycles. The quantitative estimate of drug-likeness (QED) is 0.200. The molecule has 2 heterocycles. The van der Waals surface area contributed by atoms with Crippen LogP contribution in [0.4, 0.5) is 37.7 Å². The Kier molecular flexibility index (Phi) is 9.05. The largest absolute Gasteiger partial charge is 0.496 e. The molecule has 3 aromatic carbocycles. The van der Waals surface area contributed by atoms with E-state index in [9.17, 15) is 39.6 Å². The molecule has 0 spiro atoms. The molecule has 2 aliphatic rings. The molecule has 0 saturated carbocycles. The Morgan fingerprint density at radius 1 is 0.957 bits per heavy atom. The zero-order valence-electron chi connectivity index (χ0n) is 25.3. The molecule has 0 radical (unpaired) electrons. The number of rotatable bonds is 9. The summed E-state index contributed by atoms with van der Waals surface area (Å²) in [6.45, 7) is -0.492. The Morgan fingerprint density at radius 2 is 1.66 bits per heavy atom. The van der Waals surface area contributed by atoms with Crippen LogP contribution in [0, 0.1) is 0 Å². The summed E-state index contributed by atoms with van der Waals surface area (Å²) >= 11 is 0. The lowest BCUT2D eigenvalue weighted by Crippen LogP contribution is -2.61. The first-order valence-electron chi connectivity index (χ1n) is 14.2. The summed E-state index contributed by atoms with van der Waals surface area (Å²) in [6.07, 6.45) is -10.4. The van der Waals surface area contributed by atoms with Crippen molar-refractivity contribution in [2.75, 3.05) is 50.2 Å². The second kappa shape index (κ2) is 12.4. The maximum Gasteiger partial charge on any atom is 0.416 e. The number of hydrogen-bond acceptors (Lipinski definition) is 8. The Hall–Kier alpha value is -4.18. The van der Waals surface area contributed by atoms with Gasteiger partial charge in [-0.05, 0) is 55.0 Å². The molecule has 16 heteroatoms. The molecule has 1 fully saturated rings. The van der Waals surface area contributed by atoms with Gasteiger partial charge >= 0.3 is 18.3 Å². The summed E-state index contributed by atoms with van der Waals surface area (Å²) < 4.78 is 133. The molecule has 0 bridgehead atoms. The van der Waals surface area contributed by atoms with Gasteiger partial charge in [0.25, 0.3) is 10.0 Å². The number of nitrogens with zero attached hydrogens (tertiary/aromatic N) is 2. The summed E-state index contributed by atoms with van der Waals surface area (Å²) in [7, 11) is -0.894. The topological polar surface area (TPSA) is 94.6 Å². The number of hydrogen-bond donors (Lipinski definition) is 0. The van der Waals surface area contributed by atoms with Crippen LogP contribution in [0.25, 0.3) is 0 Å². The maximum atomic E-state index is 14.0. The molecule has 0 aromatic heterocycles. The van der Waals surface area contributed by atoms with Crippen molar-refractivity contribution < 1.29 is 58.5 Å². The highest BCUT2D eigenvalue weighted by molar-refractivity contribution is 7.92. The van der Waals surface area contributed by atoms with E-state index in [0.29, 0.717) is 11.8 Å². The highest BCUT2D eigenvalue weighted by atomic mass is 32.2. The highest BCUT2D eigenvalue weighted by Gasteiger charge is 2.52. The van der Waals surface area contributed by atoms with Crippen molar-refractivity contribution in [1.29, 1.82) is 0 Å². The lowest BCUT2D eigenvalue weighted by atomic mass is 9.81. The van der Waals surface area contributed by atoms with Crippen molar-refractivity contribution in [3.05, 3.63) is 77.4 Å². The predicted molar refractivity (Wildman–Crippen MR) is 157 cm³/mol. The number of anilines is 2. The molecule has 3 aromatic rings. The Bertz CT molecular complexity index is 1760. The van der Waals surface area contributed by atoms with Crippen LogP contribution in [0.5, 0.6) is 11.5 Å². The average molecular weight is 689 g/mol. The van der Waals surface area contributed by atoms with Gasteiger partial charge in [0.2, 0.25) is 0 Å². The van der Waals surface area contributed by atoms with Crippen LogP contribution >= 0.6 is 0 Å². The Labute approximate surface area is 266 Å². The molecule has 47 heavy (non-hydrogen) atoms. The number of ether oxygens (including phenoxy) is 4. The third kappa shape index (κ3) is 6.52. The molecule has 0 unspecified atom stereocenters. The normalized spacial score (nSPS) is 17.8. The Balaban J connectivity index is 1.52. The molecule has 1 atom stereocenters. The van der Waals surface area contributed by atoms with Crippen molar-refractivity contribution in [2.24, 2.45) is 0 Å². The maximum absolute atomic E-state index is 14.0. The van der Waals surface area contributed by atoms with Crippen LogP contribution in [0.1, 0.15) is 29.5 Å². The molecular formula is C31H30F6N2O7S. The number of carbonyl (C=O) groups excluding carboxylic acids is 1. The fraction of sp³-hybridized carbons (Fsp3) is 0.387. The minimum absolute atomic E-state index is 0.00239. The molecular weight excluding hydrogens is 658 g/mol. The first kappa shape index (κ1) is 34.2. The SMILES string of the molecule is COC(=O)CC[C@H]1CN(S(=O)(=O)c2cccc(C(F)(F)F)c2)c2cc(N3CC(OC)(c4c(OC)cccc4C(F)(F)F)C3)ccc2O1. The molecule has 9 nitrogen and oxygen atoms in total. The first-order valence-corrected chi connectivity index (χ1v) is 15.6. The van der Waals surface area contributed by atoms with Gasteiger partial charge in [-0.3, -0.25) is 9.10 Å². The van der Waals surface area contributed by atoms with Crippen LogP contribution in [0.3, 0.4) is 0 Å². The summed E-state index contributed by atoms with van der Waals surface area (Å²) in [5, 5.41) is 0. The third-order valence-electron chi connectivity index (χ3n) is 8.18. The minimum atomic E-state index is -4.80. The number of carbonyl (C=O) groups is 1. The predicted octanol–water partition coefficient (Wildman–Crippen LogP) is 6.00. The second-order valence-electron chi connectivity index (χ2n) is 11.0. The summed E-state index contributed by atoms with van der Waals surface area (Å²) in [5.74, 6) is -0.505. The number of alkyl halides is 6. The van der Waals surface area contributed by atoms with Crippen LogP contribution in [0.2, 0.25) is 0 Å². The number of benzene rings is 3. The smallest absolute Gasteiger partial charge is 0.416 e. The minimum Gasteiger partial charge on any atom is -0.496 e. The number of halogens is 6. The first-order chi connectivity index (χ1) is 22.0. The zero-order chi connectivity index (χ0) is 34.4. The van der Waals surface area contributed by atoms with Crippen LogP contribution in [0.15, 0.2) is 65.6 Å². The lowest BCUT2D eigenvalue weighted by Gasteiger charge is -2.51. The number of esters is 1. The fourth-order valence-corrected chi connectivity index (χ4v) is 7.31. The van der Waals surface area contributed by atoms with E-state index in [-0.39, 0.29) is 55.2 Å². The third-order valence-corrected chi connectivity index (χ3v) is 9.95. The van der Waals surface area contributed by atoms with E-state index in [1.165, 1.54) is 45.6 Å². The van der Waals surface area contributed by atoms with E-state index in [1.807, 2.05) is 0 Å². The van der Waals surface area contributed by atoms with Crippen molar-refractivity contribution in [3.8, 4) is 11.5 Å². The van der Waals surface area contributed by atoms with Crippen molar-refractivity contribution in [2.45, 2.75) is 41.8 Å². The molecule has 5 rings (SSSR count). The average Bonchev–Trinajstić information content (AvgIpc) is 3.02. The van der Waals surface area contributed by atoms with Gasteiger partial charge in [-0.2, -0.15) is 26.3 Å². The van der Waals surface area contributed by atoms with Crippen molar-refractivity contribution >= 4 is 27.4 Å². The van der Waals surface area contributed by atoms with Crippen molar-refractivity contribution in [1.82, 2.24) is 0 Å². The summed E-state index contributed by atoms with van der Waals surface area (Å²) in [5.41, 5.74) is -3.31. The van der Waals surface area contributed by atoms with E-state index in [4.69, 9.17) is 14.2 Å². The number of sulfonamides is 1.